The van der Waals surface area contributed by atoms with Crippen molar-refractivity contribution in [1.82, 2.24) is 15.6 Å². The summed E-state index contributed by atoms with van der Waals surface area (Å²) in [5.41, 5.74) is -0.412. The number of carboxylic acid groups (broad SMARTS) is 1. The second kappa shape index (κ2) is 11.3. The molecular formula is C23H40N4O6SSi. The lowest BCUT2D eigenvalue weighted by Gasteiger charge is -2.36. The SMILES string of the molecule is CC(C)(C)OC(=O)N[C@@H]1CCCN(c2nc(C(=O)N[C@@H](CO[Si](C)(C)C(C)(C)C)C(=O)O)cs2)C1. The Hall–Kier alpha value is -2.18. The van der Waals surface area contributed by atoms with Gasteiger partial charge in [-0.15, -0.1) is 11.3 Å². The maximum absolute atomic E-state index is 12.8. The number of carboxylic acids is 1. The van der Waals surface area contributed by atoms with Crippen LogP contribution in [0.15, 0.2) is 5.38 Å². The van der Waals surface area contributed by atoms with Crippen molar-refractivity contribution >= 4 is 42.8 Å². The van der Waals surface area contributed by atoms with Crippen molar-refractivity contribution in [3.63, 3.8) is 0 Å². The number of nitrogens with one attached hydrogen (secondary N) is 2. The summed E-state index contributed by atoms with van der Waals surface area (Å²) in [4.78, 5) is 43.1. The fraction of sp³-hybridized carbons (Fsp3) is 0.739. The fourth-order valence-corrected chi connectivity index (χ4v) is 5.03. The lowest BCUT2D eigenvalue weighted by atomic mass is 10.1. The van der Waals surface area contributed by atoms with E-state index in [1.807, 2.05) is 38.8 Å². The van der Waals surface area contributed by atoms with Gasteiger partial charge in [-0.05, 0) is 51.7 Å². The number of hydrogen-bond donors (Lipinski definition) is 3. The first-order chi connectivity index (χ1) is 16.0. The molecule has 35 heavy (non-hydrogen) atoms. The first kappa shape index (κ1) is 29.0. The highest BCUT2D eigenvalue weighted by atomic mass is 32.1. The van der Waals surface area contributed by atoms with E-state index in [2.05, 4.69) is 36.4 Å². The van der Waals surface area contributed by atoms with Crippen LogP contribution in [0.5, 0.6) is 0 Å². The predicted octanol–water partition coefficient (Wildman–Crippen LogP) is 3.84. The molecule has 1 aliphatic rings. The van der Waals surface area contributed by atoms with Gasteiger partial charge in [0.05, 0.1) is 6.61 Å². The van der Waals surface area contributed by atoms with Crippen molar-refractivity contribution in [2.24, 2.45) is 0 Å². The van der Waals surface area contributed by atoms with Crippen LogP contribution in [0.2, 0.25) is 18.1 Å². The number of ether oxygens (including phenoxy) is 1. The molecule has 0 unspecified atom stereocenters. The molecular weight excluding hydrogens is 488 g/mol. The number of rotatable bonds is 8. The van der Waals surface area contributed by atoms with Crippen LogP contribution < -0.4 is 15.5 Å². The van der Waals surface area contributed by atoms with Crippen LogP contribution in [-0.2, 0) is 14.0 Å². The maximum atomic E-state index is 12.8. The Morgan fingerprint density at radius 3 is 2.49 bits per heavy atom. The van der Waals surface area contributed by atoms with Crippen LogP contribution in [0.4, 0.5) is 9.93 Å². The largest absolute Gasteiger partial charge is 0.480 e. The van der Waals surface area contributed by atoms with Crippen LogP contribution >= 0.6 is 11.3 Å². The van der Waals surface area contributed by atoms with Gasteiger partial charge in [0.25, 0.3) is 5.91 Å². The lowest BCUT2D eigenvalue weighted by molar-refractivity contribution is -0.140. The Morgan fingerprint density at radius 2 is 1.91 bits per heavy atom. The lowest BCUT2D eigenvalue weighted by Crippen LogP contribution is -2.49. The quantitative estimate of drug-likeness (QED) is 0.434. The second-order valence-electron chi connectivity index (χ2n) is 11.4. The number of piperidine rings is 1. The number of thiazole rings is 1. The van der Waals surface area contributed by atoms with Crippen molar-refractivity contribution in [2.45, 2.75) is 90.2 Å². The van der Waals surface area contributed by atoms with E-state index < -0.39 is 37.9 Å². The number of carbonyl (C=O) groups is 3. The Morgan fingerprint density at radius 1 is 1.26 bits per heavy atom. The van der Waals surface area contributed by atoms with Gasteiger partial charge >= 0.3 is 12.1 Å². The average Bonchev–Trinajstić information content (AvgIpc) is 3.19. The van der Waals surface area contributed by atoms with Gasteiger partial charge in [0.2, 0.25) is 0 Å². The zero-order valence-electron chi connectivity index (χ0n) is 22.1. The molecule has 1 fully saturated rings. The second-order valence-corrected chi connectivity index (χ2v) is 17.0. The molecule has 3 N–H and O–H groups in total. The number of alkyl carbamates (subject to hydrolysis) is 1. The maximum Gasteiger partial charge on any atom is 0.407 e. The summed E-state index contributed by atoms with van der Waals surface area (Å²) in [5, 5.41) is 17.2. The molecule has 2 rings (SSSR count). The summed E-state index contributed by atoms with van der Waals surface area (Å²) >= 11 is 1.31. The van der Waals surface area contributed by atoms with Gasteiger partial charge in [0, 0.05) is 24.5 Å². The molecule has 12 heteroatoms. The zero-order valence-corrected chi connectivity index (χ0v) is 23.9. The van der Waals surface area contributed by atoms with E-state index in [4.69, 9.17) is 9.16 Å². The molecule has 0 bridgehead atoms. The van der Waals surface area contributed by atoms with Gasteiger partial charge in [-0.2, -0.15) is 0 Å². The van der Waals surface area contributed by atoms with Crippen molar-refractivity contribution in [3.8, 4) is 0 Å². The third-order valence-corrected chi connectivity index (χ3v) is 11.6. The van der Waals surface area contributed by atoms with Gasteiger partial charge in [0.15, 0.2) is 13.4 Å². The average molecular weight is 529 g/mol. The summed E-state index contributed by atoms with van der Waals surface area (Å²) < 4.78 is 11.3. The van der Waals surface area contributed by atoms with Gasteiger partial charge in [-0.25, -0.2) is 14.6 Å². The van der Waals surface area contributed by atoms with Crippen molar-refractivity contribution in [2.75, 3.05) is 24.6 Å². The van der Waals surface area contributed by atoms with Gasteiger partial charge in [-0.3, -0.25) is 4.79 Å². The van der Waals surface area contributed by atoms with Crippen LogP contribution in [0.1, 0.15) is 64.9 Å². The van der Waals surface area contributed by atoms with E-state index in [1.165, 1.54) is 11.3 Å². The van der Waals surface area contributed by atoms with E-state index in [0.717, 1.165) is 19.4 Å². The van der Waals surface area contributed by atoms with E-state index in [1.54, 1.807) is 5.38 Å². The van der Waals surface area contributed by atoms with Crippen molar-refractivity contribution < 1.29 is 28.7 Å². The minimum atomic E-state index is -2.17. The predicted molar refractivity (Wildman–Crippen MR) is 139 cm³/mol. The molecule has 0 spiro atoms. The molecule has 1 aromatic heterocycles. The third kappa shape index (κ3) is 8.76. The highest BCUT2D eigenvalue weighted by molar-refractivity contribution is 7.13. The fourth-order valence-electron chi connectivity index (χ4n) is 3.17. The molecule has 2 heterocycles. The number of aliphatic carboxylic acids is 1. The Kier molecular flexibility index (Phi) is 9.34. The molecule has 2 atom stereocenters. The summed E-state index contributed by atoms with van der Waals surface area (Å²) in [6.07, 6.45) is 1.22. The van der Waals surface area contributed by atoms with E-state index in [9.17, 15) is 19.5 Å². The smallest absolute Gasteiger partial charge is 0.407 e. The molecule has 1 aromatic rings. The number of nitrogens with zero attached hydrogens (tertiary/aromatic N) is 2. The Balaban J connectivity index is 1.98. The highest BCUT2D eigenvalue weighted by Gasteiger charge is 2.38. The number of hydrogen-bond acceptors (Lipinski definition) is 8. The molecule has 2 amide bonds. The zero-order chi connectivity index (χ0) is 26.6. The molecule has 1 saturated heterocycles. The van der Waals surface area contributed by atoms with E-state index in [-0.39, 0.29) is 23.4 Å². The highest BCUT2D eigenvalue weighted by Crippen LogP contribution is 2.36. The topological polar surface area (TPSA) is 130 Å². The summed E-state index contributed by atoms with van der Waals surface area (Å²) in [7, 11) is -2.17. The minimum Gasteiger partial charge on any atom is -0.480 e. The molecule has 1 aliphatic heterocycles. The Bertz CT molecular complexity index is 909. The summed E-state index contributed by atoms with van der Waals surface area (Å²) in [5.74, 6) is -1.71. The van der Waals surface area contributed by atoms with Crippen LogP contribution in [0.25, 0.3) is 0 Å². The monoisotopic (exact) mass is 528 g/mol. The molecule has 0 radical (unpaired) electrons. The summed E-state index contributed by atoms with van der Waals surface area (Å²) in [6, 6.07) is -1.26. The summed E-state index contributed by atoms with van der Waals surface area (Å²) in [6.45, 7) is 16.9. The standard InChI is InChI=1S/C23H40N4O6SSi/c1-22(2,3)33-21(31)24-15-10-9-11-27(12-15)20-26-17(14-34-20)18(28)25-16(19(29)30)13-32-35(7,8)23(4,5)6/h14-16H,9-13H2,1-8H3,(H,24,31)(H,25,28)(H,29,30)/t15-,16+/m1/s1. The number of anilines is 1. The van der Waals surface area contributed by atoms with Gasteiger partial charge in [0.1, 0.15) is 17.3 Å². The Labute approximate surface area is 212 Å². The van der Waals surface area contributed by atoms with Gasteiger partial charge in [-0.1, -0.05) is 20.8 Å². The van der Waals surface area contributed by atoms with Crippen molar-refractivity contribution in [3.05, 3.63) is 11.1 Å². The molecule has 10 nitrogen and oxygen atoms in total. The van der Waals surface area contributed by atoms with Crippen LogP contribution in [0, 0.1) is 0 Å². The van der Waals surface area contributed by atoms with E-state index in [0.29, 0.717) is 11.7 Å². The third-order valence-electron chi connectivity index (χ3n) is 6.16. The first-order valence-corrected chi connectivity index (χ1v) is 15.6. The normalized spacial score (nSPS) is 18.1. The van der Waals surface area contributed by atoms with Crippen LogP contribution in [-0.4, -0.2) is 73.8 Å². The van der Waals surface area contributed by atoms with Crippen LogP contribution in [0.3, 0.4) is 0 Å². The molecule has 198 valence electrons. The van der Waals surface area contributed by atoms with Crippen molar-refractivity contribution in [1.29, 1.82) is 0 Å². The minimum absolute atomic E-state index is 0.0749. The van der Waals surface area contributed by atoms with Gasteiger partial charge < -0.3 is 29.8 Å². The number of amides is 2. The molecule has 0 saturated carbocycles. The molecule has 0 aliphatic carbocycles. The molecule has 0 aromatic carbocycles. The van der Waals surface area contributed by atoms with E-state index >= 15 is 0 Å². The first-order valence-electron chi connectivity index (χ1n) is 11.9. The number of carbonyl (C=O) groups excluding carboxylic acids is 2. The number of aromatic nitrogens is 1.